The van der Waals surface area contributed by atoms with Crippen LogP contribution in [0.1, 0.15) is 37.0 Å². The Balaban J connectivity index is 1.75. The van der Waals surface area contributed by atoms with E-state index in [1.54, 1.807) is 11.8 Å². The van der Waals surface area contributed by atoms with Gasteiger partial charge in [0.05, 0.1) is 0 Å². The van der Waals surface area contributed by atoms with Crippen molar-refractivity contribution in [2.24, 2.45) is 0 Å². The van der Waals surface area contributed by atoms with Crippen molar-refractivity contribution in [3.63, 3.8) is 0 Å². The van der Waals surface area contributed by atoms with E-state index in [1.165, 1.54) is 0 Å². The first-order valence-corrected chi connectivity index (χ1v) is 9.88. The number of hydrogen-bond donors (Lipinski definition) is 1. The van der Waals surface area contributed by atoms with Crippen molar-refractivity contribution in [3.05, 3.63) is 71.3 Å². The second-order valence-electron chi connectivity index (χ2n) is 7.61. The minimum Gasteiger partial charge on any atom is -0.337 e. The number of urea groups is 1. The van der Waals surface area contributed by atoms with Gasteiger partial charge in [0.25, 0.3) is 5.91 Å². The van der Waals surface area contributed by atoms with Crippen LogP contribution < -0.4 is 5.32 Å². The van der Waals surface area contributed by atoms with E-state index in [9.17, 15) is 14.4 Å². The van der Waals surface area contributed by atoms with Crippen LogP contribution in [-0.2, 0) is 21.7 Å². The van der Waals surface area contributed by atoms with E-state index in [-0.39, 0.29) is 12.5 Å². The van der Waals surface area contributed by atoms with Gasteiger partial charge in [-0.2, -0.15) is 0 Å². The van der Waals surface area contributed by atoms with Crippen molar-refractivity contribution in [1.82, 2.24) is 15.1 Å². The second-order valence-corrected chi connectivity index (χ2v) is 7.61. The van der Waals surface area contributed by atoms with Gasteiger partial charge < -0.3 is 10.2 Å². The van der Waals surface area contributed by atoms with Crippen molar-refractivity contribution in [2.75, 3.05) is 13.1 Å². The van der Waals surface area contributed by atoms with Crippen molar-refractivity contribution < 1.29 is 14.4 Å². The average Bonchev–Trinajstić information content (AvgIpc) is 2.93. The summed E-state index contributed by atoms with van der Waals surface area (Å²) in [5.41, 5.74) is 1.61. The molecule has 0 bridgehead atoms. The highest BCUT2D eigenvalue weighted by molar-refractivity contribution is 6.09. The van der Waals surface area contributed by atoms with E-state index in [4.69, 9.17) is 0 Å². The first kappa shape index (κ1) is 20.6. The monoisotopic (exact) mass is 393 g/mol. The zero-order valence-electron chi connectivity index (χ0n) is 17.1. The van der Waals surface area contributed by atoms with Gasteiger partial charge in [0, 0.05) is 13.1 Å². The van der Waals surface area contributed by atoms with Crippen molar-refractivity contribution in [3.8, 4) is 0 Å². The van der Waals surface area contributed by atoms with E-state index in [1.807, 2.05) is 68.4 Å². The number of nitrogens with zero attached hydrogens (tertiary/aromatic N) is 2. The molecular formula is C23H27N3O3. The minimum atomic E-state index is -1.17. The van der Waals surface area contributed by atoms with Gasteiger partial charge in [0.2, 0.25) is 5.91 Å². The molecule has 0 spiro atoms. The number of rotatable bonds is 7. The molecule has 1 N–H and O–H groups in total. The summed E-state index contributed by atoms with van der Waals surface area (Å²) in [6, 6.07) is 16.6. The lowest BCUT2D eigenvalue weighted by Crippen LogP contribution is -2.44. The van der Waals surface area contributed by atoms with Crippen molar-refractivity contribution in [2.45, 2.75) is 39.3 Å². The van der Waals surface area contributed by atoms with E-state index in [0.717, 1.165) is 22.4 Å². The summed E-state index contributed by atoms with van der Waals surface area (Å²) in [5, 5.41) is 2.76. The van der Waals surface area contributed by atoms with E-state index in [2.05, 4.69) is 5.32 Å². The van der Waals surface area contributed by atoms with Crippen LogP contribution in [0.3, 0.4) is 0 Å². The predicted molar refractivity (Wildman–Crippen MR) is 111 cm³/mol. The predicted octanol–water partition coefficient (Wildman–Crippen LogP) is 3.20. The van der Waals surface area contributed by atoms with Gasteiger partial charge >= 0.3 is 6.03 Å². The molecule has 0 aromatic heterocycles. The second kappa shape index (κ2) is 8.47. The molecule has 4 amide bonds. The third-order valence-electron chi connectivity index (χ3n) is 5.26. The van der Waals surface area contributed by atoms with E-state index in [0.29, 0.717) is 18.7 Å². The SMILES string of the molecule is CCCN(Cc1ccccc1)C(=O)CN1C(=O)NC(C)(c2ccc(C)cc2)C1=O. The summed E-state index contributed by atoms with van der Waals surface area (Å²) in [4.78, 5) is 41.3. The molecule has 6 nitrogen and oxygen atoms in total. The molecule has 1 atom stereocenters. The lowest BCUT2D eigenvalue weighted by atomic mass is 9.91. The maximum absolute atomic E-state index is 13.1. The highest BCUT2D eigenvalue weighted by Gasteiger charge is 2.49. The summed E-state index contributed by atoms with van der Waals surface area (Å²) >= 11 is 0. The highest BCUT2D eigenvalue weighted by atomic mass is 16.2. The van der Waals surface area contributed by atoms with Gasteiger partial charge in [-0.25, -0.2) is 4.79 Å². The number of amides is 4. The Labute approximate surface area is 171 Å². The van der Waals surface area contributed by atoms with Gasteiger partial charge in [-0.05, 0) is 31.4 Å². The molecule has 1 fully saturated rings. The maximum atomic E-state index is 13.1. The first-order chi connectivity index (χ1) is 13.8. The summed E-state index contributed by atoms with van der Waals surface area (Å²) in [6.07, 6.45) is 0.791. The Morgan fingerprint density at radius 3 is 2.34 bits per heavy atom. The van der Waals surface area contributed by atoms with Crippen LogP contribution in [0.5, 0.6) is 0 Å². The largest absolute Gasteiger partial charge is 0.337 e. The first-order valence-electron chi connectivity index (χ1n) is 9.88. The smallest absolute Gasteiger partial charge is 0.325 e. The van der Waals surface area contributed by atoms with Crippen LogP contribution >= 0.6 is 0 Å². The standard InChI is InChI=1S/C23H27N3O3/c1-4-14-25(15-18-8-6-5-7-9-18)20(27)16-26-21(28)23(3,24-22(26)29)19-12-10-17(2)11-13-19/h5-13H,4,14-16H2,1-3H3,(H,24,29). The van der Waals surface area contributed by atoms with E-state index >= 15 is 0 Å². The molecule has 0 saturated carbocycles. The molecule has 29 heavy (non-hydrogen) atoms. The van der Waals surface area contributed by atoms with Gasteiger partial charge in [-0.15, -0.1) is 0 Å². The van der Waals surface area contributed by atoms with Crippen LogP contribution in [0.15, 0.2) is 54.6 Å². The summed E-state index contributed by atoms with van der Waals surface area (Å²) < 4.78 is 0. The van der Waals surface area contributed by atoms with Gasteiger partial charge in [0.15, 0.2) is 0 Å². The molecule has 152 valence electrons. The highest BCUT2D eigenvalue weighted by Crippen LogP contribution is 2.29. The number of carbonyl (C=O) groups excluding carboxylic acids is 3. The molecule has 1 heterocycles. The fourth-order valence-corrected chi connectivity index (χ4v) is 3.52. The molecular weight excluding hydrogens is 366 g/mol. The topological polar surface area (TPSA) is 69.7 Å². The number of imide groups is 1. The quantitative estimate of drug-likeness (QED) is 0.735. The molecule has 1 aliphatic heterocycles. The fourth-order valence-electron chi connectivity index (χ4n) is 3.52. The average molecular weight is 393 g/mol. The summed E-state index contributed by atoms with van der Waals surface area (Å²) in [5.74, 6) is -0.650. The Morgan fingerprint density at radius 1 is 1.07 bits per heavy atom. The van der Waals surface area contributed by atoms with E-state index < -0.39 is 17.5 Å². The molecule has 2 aromatic carbocycles. The Hall–Kier alpha value is -3.15. The fraction of sp³-hybridized carbons (Fsp3) is 0.348. The third-order valence-corrected chi connectivity index (χ3v) is 5.26. The van der Waals surface area contributed by atoms with Crippen LogP contribution in [0.25, 0.3) is 0 Å². The maximum Gasteiger partial charge on any atom is 0.325 e. The normalized spacial score (nSPS) is 18.7. The van der Waals surface area contributed by atoms with Crippen LogP contribution in [0, 0.1) is 6.92 Å². The molecule has 0 aliphatic carbocycles. The lowest BCUT2D eigenvalue weighted by Gasteiger charge is -2.25. The number of nitrogens with one attached hydrogen (secondary N) is 1. The van der Waals surface area contributed by atoms with Crippen molar-refractivity contribution >= 4 is 17.8 Å². The lowest BCUT2D eigenvalue weighted by molar-refractivity contribution is -0.139. The molecule has 1 saturated heterocycles. The molecule has 2 aromatic rings. The molecule has 0 radical (unpaired) electrons. The Kier molecular flexibility index (Phi) is 6.01. The zero-order valence-corrected chi connectivity index (χ0v) is 17.1. The van der Waals surface area contributed by atoms with Gasteiger partial charge in [-0.3, -0.25) is 14.5 Å². The van der Waals surface area contributed by atoms with Crippen LogP contribution in [0.4, 0.5) is 4.79 Å². The number of benzene rings is 2. The number of aryl methyl sites for hydroxylation is 1. The minimum absolute atomic E-state index is 0.243. The molecule has 1 aliphatic rings. The summed E-state index contributed by atoms with van der Waals surface area (Å²) in [7, 11) is 0. The molecule has 6 heteroatoms. The van der Waals surface area contributed by atoms with Gasteiger partial charge in [-0.1, -0.05) is 67.1 Å². The Bertz CT molecular complexity index is 895. The van der Waals surface area contributed by atoms with Crippen molar-refractivity contribution in [1.29, 1.82) is 0 Å². The summed E-state index contributed by atoms with van der Waals surface area (Å²) in [6.45, 7) is 6.38. The number of hydrogen-bond acceptors (Lipinski definition) is 3. The van der Waals surface area contributed by atoms with Crippen LogP contribution in [-0.4, -0.2) is 40.7 Å². The molecule has 3 rings (SSSR count). The van der Waals surface area contributed by atoms with Crippen LogP contribution in [0.2, 0.25) is 0 Å². The Morgan fingerprint density at radius 2 is 1.72 bits per heavy atom. The molecule has 1 unspecified atom stereocenters. The third kappa shape index (κ3) is 4.31. The van der Waals surface area contributed by atoms with Gasteiger partial charge in [0.1, 0.15) is 12.1 Å². The zero-order chi connectivity index (χ0) is 21.0. The number of carbonyl (C=O) groups is 3.